The van der Waals surface area contributed by atoms with E-state index in [2.05, 4.69) is 27.8 Å². The third-order valence-electron chi connectivity index (χ3n) is 2.30. The van der Waals surface area contributed by atoms with E-state index in [1.54, 1.807) is 6.20 Å². The first-order valence-electron chi connectivity index (χ1n) is 5.11. The van der Waals surface area contributed by atoms with Gasteiger partial charge in [-0.25, -0.2) is 4.98 Å². The highest BCUT2D eigenvalue weighted by Gasteiger charge is 2.05. The SMILES string of the molecule is CCCCC[C@H](N)c1ccnc(Br)c1. The second-order valence-electron chi connectivity index (χ2n) is 3.51. The highest BCUT2D eigenvalue weighted by atomic mass is 79.9. The number of unbranched alkanes of at least 4 members (excludes halogenated alkanes) is 2. The van der Waals surface area contributed by atoms with Gasteiger partial charge in [-0.05, 0) is 40.0 Å². The van der Waals surface area contributed by atoms with E-state index in [0.29, 0.717) is 0 Å². The van der Waals surface area contributed by atoms with Crippen molar-refractivity contribution in [2.75, 3.05) is 0 Å². The van der Waals surface area contributed by atoms with Crippen molar-refractivity contribution in [3.8, 4) is 0 Å². The summed E-state index contributed by atoms with van der Waals surface area (Å²) in [5.41, 5.74) is 7.23. The van der Waals surface area contributed by atoms with Gasteiger partial charge in [0, 0.05) is 12.2 Å². The van der Waals surface area contributed by atoms with Crippen molar-refractivity contribution >= 4 is 15.9 Å². The number of nitrogens with zero attached hydrogens (tertiary/aromatic N) is 1. The summed E-state index contributed by atoms with van der Waals surface area (Å²) in [5.74, 6) is 0. The summed E-state index contributed by atoms with van der Waals surface area (Å²) in [6.07, 6.45) is 6.56. The zero-order valence-electron chi connectivity index (χ0n) is 8.54. The van der Waals surface area contributed by atoms with Crippen molar-refractivity contribution in [2.45, 2.75) is 38.6 Å². The minimum Gasteiger partial charge on any atom is -0.324 e. The summed E-state index contributed by atoms with van der Waals surface area (Å²) in [4.78, 5) is 4.08. The predicted octanol–water partition coefficient (Wildman–Crippen LogP) is 3.42. The Labute approximate surface area is 94.0 Å². The molecule has 2 N–H and O–H groups in total. The molecular formula is C11H17BrN2. The molecule has 14 heavy (non-hydrogen) atoms. The van der Waals surface area contributed by atoms with Crippen molar-refractivity contribution < 1.29 is 0 Å². The van der Waals surface area contributed by atoms with E-state index in [-0.39, 0.29) is 6.04 Å². The molecule has 0 saturated carbocycles. The number of halogens is 1. The molecule has 0 aliphatic rings. The normalized spacial score (nSPS) is 12.8. The summed E-state index contributed by atoms with van der Waals surface area (Å²) < 4.78 is 0.862. The first kappa shape index (κ1) is 11.7. The van der Waals surface area contributed by atoms with Crippen LogP contribution in [0.15, 0.2) is 22.9 Å². The summed E-state index contributed by atoms with van der Waals surface area (Å²) >= 11 is 3.35. The van der Waals surface area contributed by atoms with Gasteiger partial charge in [-0.1, -0.05) is 26.2 Å². The number of hydrogen-bond donors (Lipinski definition) is 1. The standard InChI is InChI=1S/C11H17BrN2/c1-2-3-4-5-10(13)9-6-7-14-11(12)8-9/h6-8,10H,2-5,13H2,1H3/t10-/m0/s1. The molecule has 0 radical (unpaired) electrons. The highest BCUT2D eigenvalue weighted by molar-refractivity contribution is 9.10. The number of nitrogens with two attached hydrogens (primary N) is 1. The van der Waals surface area contributed by atoms with Crippen LogP contribution in [0.2, 0.25) is 0 Å². The monoisotopic (exact) mass is 256 g/mol. The topological polar surface area (TPSA) is 38.9 Å². The minimum atomic E-state index is 0.154. The molecule has 0 unspecified atom stereocenters. The van der Waals surface area contributed by atoms with Crippen molar-refractivity contribution in [1.82, 2.24) is 4.98 Å². The Morgan fingerprint density at radius 1 is 1.50 bits per heavy atom. The maximum atomic E-state index is 6.06. The fraction of sp³-hybridized carbons (Fsp3) is 0.545. The van der Waals surface area contributed by atoms with E-state index in [4.69, 9.17) is 5.73 Å². The van der Waals surface area contributed by atoms with Crippen molar-refractivity contribution in [2.24, 2.45) is 5.73 Å². The van der Waals surface area contributed by atoms with Crippen LogP contribution in [0.3, 0.4) is 0 Å². The van der Waals surface area contributed by atoms with Crippen molar-refractivity contribution in [3.63, 3.8) is 0 Å². The average molecular weight is 257 g/mol. The van der Waals surface area contributed by atoms with Gasteiger partial charge in [-0.2, -0.15) is 0 Å². The van der Waals surface area contributed by atoms with Crippen LogP contribution in [0.1, 0.15) is 44.2 Å². The van der Waals surface area contributed by atoms with Crippen LogP contribution in [-0.4, -0.2) is 4.98 Å². The van der Waals surface area contributed by atoms with Gasteiger partial charge in [-0.15, -0.1) is 0 Å². The van der Waals surface area contributed by atoms with Crippen LogP contribution in [-0.2, 0) is 0 Å². The first-order chi connectivity index (χ1) is 6.74. The Balaban J connectivity index is 2.47. The third kappa shape index (κ3) is 3.76. The van der Waals surface area contributed by atoms with Crippen LogP contribution in [0.5, 0.6) is 0 Å². The molecule has 0 amide bonds. The molecule has 0 aliphatic heterocycles. The molecule has 3 heteroatoms. The maximum Gasteiger partial charge on any atom is 0.106 e. The lowest BCUT2D eigenvalue weighted by Gasteiger charge is -2.11. The fourth-order valence-electron chi connectivity index (χ4n) is 1.43. The van der Waals surface area contributed by atoms with Crippen molar-refractivity contribution in [1.29, 1.82) is 0 Å². The fourth-order valence-corrected chi connectivity index (χ4v) is 1.81. The van der Waals surface area contributed by atoms with Gasteiger partial charge >= 0.3 is 0 Å². The molecule has 78 valence electrons. The summed E-state index contributed by atoms with van der Waals surface area (Å²) in [6.45, 7) is 2.20. The van der Waals surface area contributed by atoms with Crippen LogP contribution >= 0.6 is 15.9 Å². The van der Waals surface area contributed by atoms with E-state index in [9.17, 15) is 0 Å². The lowest BCUT2D eigenvalue weighted by molar-refractivity contribution is 0.580. The zero-order chi connectivity index (χ0) is 10.4. The summed E-state index contributed by atoms with van der Waals surface area (Å²) in [5, 5.41) is 0. The molecule has 1 rings (SSSR count). The molecule has 1 aromatic rings. The third-order valence-corrected chi connectivity index (χ3v) is 2.73. The van der Waals surface area contributed by atoms with Gasteiger partial charge in [-0.3, -0.25) is 0 Å². The first-order valence-corrected chi connectivity index (χ1v) is 5.90. The van der Waals surface area contributed by atoms with E-state index < -0.39 is 0 Å². The molecule has 1 aromatic heterocycles. The van der Waals surface area contributed by atoms with Gasteiger partial charge < -0.3 is 5.73 Å². The predicted molar refractivity (Wildman–Crippen MR) is 63.0 cm³/mol. The minimum absolute atomic E-state index is 0.154. The van der Waals surface area contributed by atoms with E-state index >= 15 is 0 Å². The van der Waals surface area contributed by atoms with E-state index in [0.717, 1.165) is 11.0 Å². The molecule has 0 spiro atoms. The Bertz CT molecular complexity index is 276. The van der Waals surface area contributed by atoms with Gasteiger partial charge in [0.05, 0.1) is 0 Å². The number of rotatable bonds is 5. The second-order valence-corrected chi connectivity index (χ2v) is 4.33. The zero-order valence-corrected chi connectivity index (χ0v) is 10.1. The van der Waals surface area contributed by atoms with Gasteiger partial charge in [0.15, 0.2) is 0 Å². The number of hydrogen-bond acceptors (Lipinski definition) is 2. The van der Waals surface area contributed by atoms with Gasteiger partial charge in [0.1, 0.15) is 4.60 Å². The molecule has 0 saturated heterocycles. The van der Waals surface area contributed by atoms with Crippen LogP contribution in [0.4, 0.5) is 0 Å². The summed E-state index contributed by atoms with van der Waals surface area (Å²) in [7, 11) is 0. The van der Waals surface area contributed by atoms with Gasteiger partial charge in [0.2, 0.25) is 0 Å². The quantitative estimate of drug-likeness (QED) is 0.648. The molecule has 2 nitrogen and oxygen atoms in total. The Hall–Kier alpha value is -0.410. The molecule has 1 heterocycles. The molecule has 1 atom stereocenters. The Kier molecular flexibility index (Phi) is 5.12. The Morgan fingerprint density at radius 3 is 2.93 bits per heavy atom. The van der Waals surface area contributed by atoms with Crippen LogP contribution in [0, 0.1) is 0 Å². The Morgan fingerprint density at radius 2 is 2.29 bits per heavy atom. The smallest absolute Gasteiger partial charge is 0.106 e. The van der Waals surface area contributed by atoms with E-state index in [1.165, 1.54) is 24.8 Å². The molecule has 0 aliphatic carbocycles. The van der Waals surface area contributed by atoms with Crippen LogP contribution in [0.25, 0.3) is 0 Å². The van der Waals surface area contributed by atoms with Crippen LogP contribution < -0.4 is 5.73 Å². The van der Waals surface area contributed by atoms with Gasteiger partial charge in [0.25, 0.3) is 0 Å². The second kappa shape index (κ2) is 6.14. The lowest BCUT2D eigenvalue weighted by Crippen LogP contribution is -2.10. The number of aromatic nitrogens is 1. The molecule has 0 fully saturated rings. The van der Waals surface area contributed by atoms with E-state index in [1.807, 2.05) is 12.1 Å². The largest absolute Gasteiger partial charge is 0.324 e. The molecule has 0 bridgehead atoms. The number of pyridine rings is 1. The molecular weight excluding hydrogens is 240 g/mol. The maximum absolute atomic E-state index is 6.06. The lowest BCUT2D eigenvalue weighted by atomic mass is 10.0. The summed E-state index contributed by atoms with van der Waals surface area (Å²) in [6, 6.07) is 4.14. The average Bonchev–Trinajstić information content (AvgIpc) is 2.18. The highest BCUT2D eigenvalue weighted by Crippen LogP contribution is 2.19. The van der Waals surface area contributed by atoms with Crippen molar-refractivity contribution in [3.05, 3.63) is 28.5 Å². The molecule has 0 aromatic carbocycles.